The third-order valence-electron chi connectivity index (χ3n) is 3.81. The molecular formula is C18H20ClN5S. The van der Waals surface area contributed by atoms with E-state index < -0.39 is 0 Å². The van der Waals surface area contributed by atoms with Gasteiger partial charge in [-0.1, -0.05) is 47.6 Å². The Kier molecular flexibility index (Phi) is 6.07. The van der Waals surface area contributed by atoms with Crippen molar-refractivity contribution in [3.05, 3.63) is 70.8 Å². The van der Waals surface area contributed by atoms with Crippen LogP contribution in [0.2, 0.25) is 5.02 Å². The van der Waals surface area contributed by atoms with Crippen LogP contribution in [0, 0.1) is 0 Å². The number of nitrogens with zero attached hydrogens (tertiary/aromatic N) is 5. The second-order valence-corrected chi connectivity index (χ2v) is 7.18. The molecular weight excluding hydrogens is 354 g/mol. The van der Waals surface area contributed by atoms with Crippen LogP contribution in [0.15, 0.2) is 53.8 Å². The fourth-order valence-corrected chi connectivity index (χ4v) is 3.65. The summed E-state index contributed by atoms with van der Waals surface area (Å²) in [5.74, 6) is 1.70. The summed E-state index contributed by atoms with van der Waals surface area (Å²) in [6, 6.07) is 13.8. The van der Waals surface area contributed by atoms with Gasteiger partial charge in [0.05, 0.1) is 12.2 Å². The molecule has 0 aliphatic heterocycles. The van der Waals surface area contributed by atoms with Gasteiger partial charge in [-0.3, -0.25) is 9.88 Å². The van der Waals surface area contributed by atoms with Gasteiger partial charge in [-0.05, 0) is 30.8 Å². The van der Waals surface area contributed by atoms with Gasteiger partial charge < -0.3 is 4.57 Å². The summed E-state index contributed by atoms with van der Waals surface area (Å²) in [5.41, 5.74) is 2.14. The van der Waals surface area contributed by atoms with Crippen LogP contribution < -0.4 is 0 Å². The van der Waals surface area contributed by atoms with Crippen LogP contribution in [-0.2, 0) is 25.9 Å². The second-order valence-electron chi connectivity index (χ2n) is 5.83. The first-order chi connectivity index (χ1) is 12.1. The summed E-state index contributed by atoms with van der Waals surface area (Å²) in [5, 5.41) is 10.3. The van der Waals surface area contributed by atoms with Gasteiger partial charge in [-0.2, -0.15) is 0 Å². The normalized spacial score (nSPS) is 11.2. The zero-order valence-electron chi connectivity index (χ0n) is 14.3. The average molecular weight is 374 g/mol. The van der Waals surface area contributed by atoms with E-state index in [1.54, 1.807) is 11.8 Å². The third kappa shape index (κ3) is 4.81. The highest BCUT2D eigenvalue weighted by atomic mass is 35.5. The van der Waals surface area contributed by atoms with Gasteiger partial charge in [0.2, 0.25) is 0 Å². The molecule has 7 heteroatoms. The Balaban J connectivity index is 1.60. The highest BCUT2D eigenvalue weighted by molar-refractivity contribution is 7.98. The van der Waals surface area contributed by atoms with Crippen molar-refractivity contribution in [1.29, 1.82) is 0 Å². The molecule has 0 unspecified atom stereocenters. The molecule has 0 amide bonds. The van der Waals surface area contributed by atoms with Gasteiger partial charge in [0.1, 0.15) is 5.82 Å². The van der Waals surface area contributed by atoms with Gasteiger partial charge in [-0.15, -0.1) is 10.2 Å². The first kappa shape index (κ1) is 17.9. The van der Waals surface area contributed by atoms with Crippen molar-refractivity contribution in [2.24, 2.45) is 7.05 Å². The molecule has 3 aromatic rings. The molecule has 3 rings (SSSR count). The number of hydrogen-bond donors (Lipinski definition) is 0. The molecule has 2 heterocycles. The lowest BCUT2D eigenvalue weighted by Gasteiger charge is -2.15. The van der Waals surface area contributed by atoms with Crippen molar-refractivity contribution in [2.75, 3.05) is 7.05 Å². The maximum Gasteiger partial charge on any atom is 0.191 e. The summed E-state index contributed by atoms with van der Waals surface area (Å²) >= 11 is 7.85. The molecule has 0 bridgehead atoms. The summed E-state index contributed by atoms with van der Waals surface area (Å²) in [6.45, 7) is 1.49. The van der Waals surface area contributed by atoms with Crippen LogP contribution in [0.3, 0.4) is 0 Å². The number of rotatable bonds is 7. The largest absolute Gasteiger partial charge is 0.308 e. The van der Waals surface area contributed by atoms with E-state index in [2.05, 4.69) is 27.1 Å². The maximum absolute atomic E-state index is 6.21. The zero-order valence-corrected chi connectivity index (χ0v) is 15.8. The molecule has 0 radical (unpaired) electrons. The molecule has 0 aliphatic rings. The second kappa shape index (κ2) is 8.47. The Morgan fingerprint density at radius 1 is 1.08 bits per heavy atom. The Morgan fingerprint density at radius 3 is 2.64 bits per heavy atom. The molecule has 1 aromatic carbocycles. The number of hydrogen-bond acceptors (Lipinski definition) is 5. The van der Waals surface area contributed by atoms with E-state index in [4.69, 9.17) is 11.6 Å². The molecule has 0 fully saturated rings. The van der Waals surface area contributed by atoms with Crippen molar-refractivity contribution >= 4 is 23.4 Å². The standard InChI is InChI=1S/C18H20ClN5S/c1-23(11-15-8-5-6-10-20-15)12-17-21-22-18(24(17)2)25-13-14-7-3-4-9-16(14)19/h3-10H,11-13H2,1-2H3. The van der Waals surface area contributed by atoms with E-state index in [-0.39, 0.29) is 0 Å². The Labute approximate surface area is 157 Å². The van der Waals surface area contributed by atoms with Gasteiger partial charge in [0.25, 0.3) is 0 Å². The Bertz CT molecular complexity index is 821. The molecule has 0 atom stereocenters. The summed E-state index contributed by atoms with van der Waals surface area (Å²) in [4.78, 5) is 6.53. The molecule has 25 heavy (non-hydrogen) atoms. The van der Waals surface area contributed by atoms with Crippen LogP contribution in [0.25, 0.3) is 0 Å². The molecule has 0 N–H and O–H groups in total. The molecule has 130 valence electrons. The van der Waals surface area contributed by atoms with E-state index in [0.717, 1.165) is 39.6 Å². The lowest BCUT2D eigenvalue weighted by molar-refractivity contribution is 0.302. The Morgan fingerprint density at radius 2 is 1.88 bits per heavy atom. The first-order valence-electron chi connectivity index (χ1n) is 7.96. The number of pyridine rings is 1. The predicted molar refractivity (Wildman–Crippen MR) is 101 cm³/mol. The first-order valence-corrected chi connectivity index (χ1v) is 9.33. The van der Waals surface area contributed by atoms with Gasteiger partial charge >= 0.3 is 0 Å². The van der Waals surface area contributed by atoms with Crippen molar-refractivity contribution < 1.29 is 0 Å². The van der Waals surface area contributed by atoms with Gasteiger partial charge in [0, 0.05) is 30.6 Å². The van der Waals surface area contributed by atoms with Crippen LogP contribution in [0.4, 0.5) is 0 Å². The molecule has 5 nitrogen and oxygen atoms in total. The maximum atomic E-state index is 6.21. The lowest BCUT2D eigenvalue weighted by atomic mass is 10.2. The molecule has 0 aliphatic carbocycles. The minimum absolute atomic E-state index is 0.715. The summed E-state index contributed by atoms with van der Waals surface area (Å²) < 4.78 is 2.04. The molecule has 0 saturated carbocycles. The van der Waals surface area contributed by atoms with Crippen LogP contribution in [0.5, 0.6) is 0 Å². The number of thioether (sulfide) groups is 1. The van der Waals surface area contributed by atoms with E-state index >= 15 is 0 Å². The van der Waals surface area contributed by atoms with Crippen LogP contribution >= 0.6 is 23.4 Å². The van der Waals surface area contributed by atoms with Gasteiger partial charge in [0.15, 0.2) is 5.16 Å². The third-order valence-corrected chi connectivity index (χ3v) is 5.25. The fraction of sp³-hybridized carbons (Fsp3) is 0.278. The monoisotopic (exact) mass is 373 g/mol. The van der Waals surface area contributed by atoms with E-state index in [1.807, 2.05) is 60.3 Å². The predicted octanol–water partition coefficient (Wildman–Crippen LogP) is 3.79. The number of halogens is 1. The summed E-state index contributed by atoms with van der Waals surface area (Å²) in [6.07, 6.45) is 1.81. The van der Waals surface area contributed by atoms with Gasteiger partial charge in [-0.25, -0.2) is 0 Å². The molecule has 0 saturated heterocycles. The molecule has 2 aromatic heterocycles. The smallest absolute Gasteiger partial charge is 0.191 e. The van der Waals surface area contributed by atoms with Crippen molar-refractivity contribution in [1.82, 2.24) is 24.6 Å². The SMILES string of the molecule is CN(Cc1ccccn1)Cc1nnc(SCc2ccccc2Cl)n1C. The Hall–Kier alpha value is -1.89. The minimum Gasteiger partial charge on any atom is -0.308 e. The number of benzene rings is 1. The number of aromatic nitrogens is 4. The highest BCUT2D eigenvalue weighted by Gasteiger charge is 2.12. The van der Waals surface area contributed by atoms with Crippen molar-refractivity contribution in [3.8, 4) is 0 Å². The van der Waals surface area contributed by atoms with E-state index in [0.29, 0.717) is 6.54 Å². The average Bonchev–Trinajstić information content (AvgIpc) is 2.95. The highest BCUT2D eigenvalue weighted by Crippen LogP contribution is 2.25. The van der Waals surface area contributed by atoms with E-state index in [9.17, 15) is 0 Å². The minimum atomic E-state index is 0.715. The van der Waals surface area contributed by atoms with Crippen LogP contribution in [-0.4, -0.2) is 31.7 Å². The zero-order chi connectivity index (χ0) is 17.6. The fourth-order valence-electron chi connectivity index (χ4n) is 2.43. The topological polar surface area (TPSA) is 46.8 Å². The molecule has 0 spiro atoms. The van der Waals surface area contributed by atoms with E-state index in [1.165, 1.54) is 0 Å². The van der Waals surface area contributed by atoms with Crippen LogP contribution in [0.1, 0.15) is 17.1 Å². The summed E-state index contributed by atoms with van der Waals surface area (Å²) in [7, 11) is 4.05. The quantitative estimate of drug-likeness (QED) is 0.590. The van der Waals surface area contributed by atoms with Crippen molar-refractivity contribution in [3.63, 3.8) is 0 Å². The van der Waals surface area contributed by atoms with Crippen molar-refractivity contribution in [2.45, 2.75) is 24.0 Å². The lowest BCUT2D eigenvalue weighted by Crippen LogP contribution is -2.20.